The summed E-state index contributed by atoms with van der Waals surface area (Å²) in [6.45, 7) is 0.408. The smallest absolute Gasteiger partial charge is 0.545 e. The molecule has 2 unspecified atom stereocenters. The van der Waals surface area contributed by atoms with E-state index >= 15 is 0 Å². The fourth-order valence-corrected chi connectivity index (χ4v) is 6.54. The van der Waals surface area contributed by atoms with Crippen LogP contribution in [0, 0.1) is 0 Å². The average Bonchev–Trinajstić information content (AvgIpc) is 3.11. The SMILES string of the molecule is COC1CN2c3c(cn(C(=O)c4ccc(C(=O)[O-])cc4)c3-c3ccccc3)CS(=O)(=O)C12.[Na+]. The van der Waals surface area contributed by atoms with Crippen molar-refractivity contribution in [2.75, 3.05) is 18.6 Å². The molecule has 0 saturated carbocycles. The minimum Gasteiger partial charge on any atom is -0.545 e. The molecule has 33 heavy (non-hydrogen) atoms. The minimum absolute atomic E-state index is 0. The molecule has 2 aromatic carbocycles. The Morgan fingerprint density at radius 1 is 1.03 bits per heavy atom. The van der Waals surface area contributed by atoms with Gasteiger partial charge in [0.25, 0.3) is 5.91 Å². The molecular formula is C23H19N2NaO6S. The van der Waals surface area contributed by atoms with Crippen molar-refractivity contribution in [2.45, 2.75) is 17.2 Å². The van der Waals surface area contributed by atoms with Gasteiger partial charge in [0.15, 0.2) is 15.2 Å². The van der Waals surface area contributed by atoms with E-state index in [1.165, 1.54) is 35.9 Å². The second-order valence-corrected chi connectivity index (χ2v) is 9.98. The Balaban J connectivity index is 0.00000259. The van der Waals surface area contributed by atoms with E-state index in [1.54, 1.807) is 11.1 Å². The number of carboxylic acids is 1. The number of anilines is 1. The van der Waals surface area contributed by atoms with Gasteiger partial charge >= 0.3 is 29.6 Å². The molecule has 2 aliphatic heterocycles. The number of benzene rings is 2. The molecule has 10 heteroatoms. The normalized spacial score (nSPS) is 20.1. The number of ether oxygens (including phenoxy) is 1. The van der Waals surface area contributed by atoms with E-state index in [2.05, 4.69) is 0 Å². The number of aromatic carboxylic acids is 1. The summed E-state index contributed by atoms with van der Waals surface area (Å²) >= 11 is 0. The third kappa shape index (κ3) is 3.83. The number of nitrogens with zero attached hydrogens (tertiary/aromatic N) is 2. The number of carboxylic acid groups (broad SMARTS) is 1. The van der Waals surface area contributed by atoms with Gasteiger partial charge in [0.1, 0.15) is 6.10 Å². The molecule has 0 bridgehead atoms. The molecule has 164 valence electrons. The standard InChI is InChI=1S/C23H20N2O6S.Na/c1-31-18-12-25-20-17(13-32(29,30)22(18)25)11-24(19(20)14-5-3-2-4-6-14)21(26)15-7-9-16(10-8-15)23(27)28;/h2-11,18,22H,12-13H2,1H3,(H,27,28);/q;+1/p-1. The predicted octanol–water partition coefficient (Wildman–Crippen LogP) is -1.70. The largest absolute Gasteiger partial charge is 1.00 e. The van der Waals surface area contributed by atoms with Crippen molar-refractivity contribution in [1.29, 1.82) is 0 Å². The summed E-state index contributed by atoms with van der Waals surface area (Å²) in [5.41, 5.74) is 2.88. The van der Waals surface area contributed by atoms with Gasteiger partial charge in [-0.25, -0.2) is 8.42 Å². The van der Waals surface area contributed by atoms with Crippen LogP contribution in [0.2, 0.25) is 0 Å². The van der Waals surface area contributed by atoms with E-state index in [4.69, 9.17) is 4.74 Å². The first-order chi connectivity index (χ1) is 15.3. The van der Waals surface area contributed by atoms with Crippen LogP contribution in [0.25, 0.3) is 11.3 Å². The summed E-state index contributed by atoms with van der Waals surface area (Å²) < 4.78 is 32.6. The zero-order valence-corrected chi connectivity index (χ0v) is 20.9. The second kappa shape index (κ2) is 8.73. The van der Waals surface area contributed by atoms with Crippen molar-refractivity contribution in [1.82, 2.24) is 4.57 Å². The van der Waals surface area contributed by atoms with Gasteiger partial charge in [-0.15, -0.1) is 0 Å². The van der Waals surface area contributed by atoms with Crippen molar-refractivity contribution in [3.8, 4) is 11.3 Å². The van der Waals surface area contributed by atoms with Crippen molar-refractivity contribution in [3.63, 3.8) is 0 Å². The molecule has 3 aromatic rings. The summed E-state index contributed by atoms with van der Waals surface area (Å²) in [5, 5.41) is 10.3. The Morgan fingerprint density at radius 2 is 1.67 bits per heavy atom. The molecule has 2 aliphatic rings. The number of hydrogen-bond donors (Lipinski definition) is 0. The summed E-state index contributed by atoms with van der Waals surface area (Å²) in [7, 11) is -1.99. The van der Waals surface area contributed by atoms with Crippen LogP contribution in [0.5, 0.6) is 0 Å². The predicted molar refractivity (Wildman–Crippen MR) is 115 cm³/mol. The number of fused-ring (bicyclic) bond motifs is 3. The van der Waals surface area contributed by atoms with Crippen LogP contribution in [0.3, 0.4) is 0 Å². The first-order valence-electron chi connectivity index (χ1n) is 9.98. The molecule has 0 aliphatic carbocycles. The summed E-state index contributed by atoms with van der Waals surface area (Å²) in [6.07, 6.45) is 1.15. The van der Waals surface area contributed by atoms with Gasteiger partial charge < -0.3 is 19.5 Å². The minimum atomic E-state index is -3.49. The first-order valence-corrected chi connectivity index (χ1v) is 11.7. The molecule has 3 heterocycles. The Hall–Kier alpha value is -2.43. The second-order valence-electron chi connectivity index (χ2n) is 7.88. The molecule has 1 aromatic heterocycles. The van der Waals surface area contributed by atoms with Crippen LogP contribution >= 0.6 is 0 Å². The maximum absolute atomic E-state index is 13.4. The van der Waals surface area contributed by atoms with Crippen molar-refractivity contribution < 1.29 is 57.4 Å². The van der Waals surface area contributed by atoms with Gasteiger partial charge in [-0.2, -0.15) is 0 Å². The van der Waals surface area contributed by atoms with E-state index in [0.29, 0.717) is 23.5 Å². The number of methoxy groups -OCH3 is 1. The van der Waals surface area contributed by atoms with Crippen molar-refractivity contribution in [2.24, 2.45) is 0 Å². The number of carbonyl (C=O) groups is 2. The van der Waals surface area contributed by atoms with Crippen LogP contribution < -0.4 is 39.6 Å². The molecule has 1 fully saturated rings. The number of carbonyl (C=O) groups excluding carboxylic acids is 2. The summed E-state index contributed by atoms with van der Waals surface area (Å²) in [6, 6.07) is 14.8. The topological polar surface area (TPSA) is 109 Å². The Labute approximate surface area is 213 Å². The van der Waals surface area contributed by atoms with Crippen LogP contribution in [0.4, 0.5) is 5.69 Å². The van der Waals surface area contributed by atoms with Crippen LogP contribution in [-0.2, 0) is 20.3 Å². The van der Waals surface area contributed by atoms with E-state index < -0.39 is 27.3 Å². The summed E-state index contributed by atoms with van der Waals surface area (Å²) in [5.74, 6) is -1.90. The maximum Gasteiger partial charge on any atom is 1.00 e. The number of sulfone groups is 1. The van der Waals surface area contributed by atoms with Gasteiger partial charge in [0, 0.05) is 36.5 Å². The zero-order chi connectivity index (χ0) is 22.6. The van der Waals surface area contributed by atoms with Gasteiger partial charge in [-0.05, 0) is 17.7 Å². The average molecular weight is 474 g/mol. The molecule has 0 amide bonds. The first kappa shape index (κ1) is 23.7. The molecule has 0 radical (unpaired) electrons. The van der Waals surface area contributed by atoms with Crippen molar-refractivity contribution in [3.05, 3.63) is 77.5 Å². The molecule has 8 nitrogen and oxygen atoms in total. The monoisotopic (exact) mass is 474 g/mol. The summed E-state index contributed by atoms with van der Waals surface area (Å²) in [4.78, 5) is 26.3. The Morgan fingerprint density at radius 3 is 2.27 bits per heavy atom. The van der Waals surface area contributed by atoms with Crippen LogP contribution in [-0.4, -0.2) is 50.0 Å². The third-order valence-corrected chi connectivity index (χ3v) is 8.01. The fraction of sp³-hybridized carbons (Fsp3) is 0.217. The molecular weight excluding hydrogens is 455 g/mol. The van der Waals surface area contributed by atoms with Gasteiger partial charge in [-0.1, -0.05) is 42.5 Å². The van der Waals surface area contributed by atoms with E-state index in [0.717, 1.165) is 5.56 Å². The third-order valence-electron chi connectivity index (χ3n) is 6.00. The van der Waals surface area contributed by atoms with Crippen molar-refractivity contribution >= 4 is 27.4 Å². The Kier molecular flexibility index (Phi) is 6.28. The van der Waals surface area contributed by atoms with Gasteiger partial charge in [-0.3, -0.25) is 9.36 Å². The van der Waals surface area contributed by atoms with Gasteiger partial charge in [0.2, 0.25) is 0 Å². The molecule has 0 N–H and O–H groups in total. The van der Waals surface area contributed by atoms with Crippen LogP contribution in [0.1, 0.15) is 26.3 Å². The number of rotatable bonds is 4. The van der Waals surface area contributed by atoms with E-state index in [-0.39, 0.29) is 52.3 Å². The molecule has 1 saturated heterocycles. The molecule has 5 rings (SSSR count). The Bertz CT molecular complexity index is 1340. The zero-order valence-electron chi connectivity index (χ0n) is 18.1. The van der Waals surface area contributed by atoms with Crippen LogP contribution in [0.15, 0.2) is 60.8 Å². The van der Waals surface area contributed by atoms with E-state index in [9.17, 15) is 23.1 Å². The number of aromatic nitrogens is 1. The number of hydrogen-bond acceptors (Lipinski definition) is 7. The fourth-order valence-electron chi connectivity index (χ4n) is 4.48. The molecule has 0 spiro atoms. The van der Waals surface area contributed by atoms with Gasteiger partial charge in [0.05, 0.1) is 23.1 Å². The quantitative estimate of drug-likeness (QED) is 0.415. The maximum atomic E-state index is 13.4. The molecule has 2 atom stereocenters. The van der Waals surface area contributed by atoms with E-state index in [1.807, 2.05) is 30.3 Å².